The largest absolute Gasteiger partial charge is 0.370 e. The molecule has 2 aromatic rings. The van der Waals surface area contributed by atoms with E-state index in [1.807, 2.05) is 54.4 Å². The van der Waals surface area contributed by atoms with Crippen LogP contribution in [-0.4, -0.2) is 63.2 Å². The average molecular weight is 439 g/mol. The Balaban J connectivity index is 1.43. The fraction of sp³-hybridized carbons (Fsp3) is 0.560. The highest BCUT2D eigenvalue weighted by Crippen LogP contribution is 2.25. The van der Waals surface area contributed by atoms with Crippen molar-refractivity contribution in [2.75, 3.05) is 19.6 Å². The molecule has 2 amide bonds. The third-order valence-electron chi connectivity index (χ3n) is 6.50. The molecule has 7 heteroatoms. The van der Waals surface area contributed by atoms with Gasteiger partial charge in [0.15, 0.2) is 0 Å². The molecular weight excluding hydrogens is 404 g/mol. The van der Waals surface area contributed by atoms with Gasteiger partial charge in [0.05, 0.1) is 24.9 Å². The number of benzene rings is 1. The first kappa shape index (κ1) is 22.5. The van der Waals surface area contributed by atoms with E-state index < -0.39 is 0 Å². The van der Waals surface area contributed by atoms with E-state index in [4.69, 9.17) is 4.74 Å². The van der Waals surface area contributed by atoms with E-state index in [-0.39, 0.29) is 30.5 Å². The van der Waals surface area contributed by atoms with E-state index >= 15 is 0 Å². The first-order valence-corrected chi connectivity index (χ1v) is 11.8. The predicted molar refractivity (Wildman–Crippen MR) is 122 cm³/mol. The summed E-state index contributed by atoms with van der Waals surface area (Å²) in [5, 5.41) is 4.36. The lowest BCUT2D eigenvalue weighted by Crippen LogP contribution is -2.46. The van der Waals surface area contributed by atoms with Crippen LogP contribution in [0.15, 0.2) is 42.6 Å². The molecule has 2 heterocycles. The second-order valence-corrected chi connectivity index (χ2v) is 9.00. The molecule has 0 spiro atoms. The maximum absolute atomic E-state index is 13.2. The van der Waals surface area contributed by atoms with Crippen LogP contribution in [0.1, 0.15) is 49.8 Å². The third-order valence-corrected chi connectivity index (χ3v) is 6.50. The van der Waals surface area contributed by atoms with Crippen LogP contribution in [0.2, 0.25) is 0 Å². The van der Waals surface area contributed by atoms with Crippen LogP contribution in [0.3, 0.4) is 0 Å². The highest BCUT2D eigenvalue weighted by atomic mass is 16.5. The van der Waals surface area contributed by atoms with Gasteiger partial charge in [-0.25, -0.2) is 0 Å². The second-order valence-electron chi connectivity index (χ2n) is 9.00. The second kappa shape index (κ2) is 10.8. The number of amides is 2. The predicted octanol–water partition coefficient (Wildman–Crippen LogP) is 3.17. The number of hydrogen-bond acceptors (Lipinski definition) is 4. The zero-order valence-electron chi connectivity index (χ0n) is 19.0. The van der Waals surface area contributed by atoms with Crippen molar-refractivity contribution < 1.29 is 14.3 Å². The Morgan fingerprint density at radius 1 is 1.09 bits per heavy atom. The quantitative estimate of drug-likeness (QED) is 0.666. The molecule has 1 atom stereocenters. The number of aryl methyl sites for hydroxylation is 2. The standard InChI is InChI=1S/C25H34N4O3/c1-20-12-14-28(26-20)15-13-24(30)27-16-23(32-19-21-8-4-2-5-9-21)17-29(25(31)18-27)22-10-6-3-7-11-22/h2,4-5,8-9,12,14,22-23H,3,6-7,10-11,13,15-19H2,1H3/t23-/m1/s1. The van der Waals surface area contributed by atoms with Gasteiger partial charge in [0.1, 0.15) is 0 Å². The summed E-state index contributed by atoms with van der Waals surface area (Å²) >= 11 is 0. The van der Waals surface area contributed by atoms with Crippen molar-refractivity contribution in [3.05, 3.63) is 53.9 Å². The fourth-order valence-corrected chi connectivity index (χ4v) is 4.73. The summed E-state index contributed by atoms with van der Waals surface area (Å²) in [5.74, 6) is 0.0244. The van der Waals surface area contributed by atoms with Crippen LogP contribution in [0, 0.1) is 6.92 Å². The molecule has 1 aliphatic heterocycles. The van der Waals surface area contributed by atoms with Gasteiger partial charge in [0.25, 0.3) is 0 Å². The van der Waals surface area contributed by atoms with Gasteiger partial charge in [0, 0.05) is 38.3 Å². The highest BCUT2D eigenvalue weighted by molar-refractivity contribution is 5.85. The first-order chi connectivity index (χ1) is 15.6. The molecule has 32 heavy (non-hydrogen) atoms. The van der Waals surface area contributed by atoms with Gasteiger partial charge in [-0.1, -0.05) is 49.6 Å². The Morgan fingerprint density at radius 2 is 1.88 bits per heavy atom. The summed E-state index contributed by atoms with van der Waals surface area (Å²) in [4.78, 5) is 29.9. The molecule has 4 rings (SSSR count). The molecule has 7 nitrogen and oxygen atoms in total. The lowest BCUT2D eigenvalue weighted by molar-refractivity contribution is -0.140. The Kier molecular flexibility index (Phi) is 7.58. The van der Waals surface area contributed by atoms with Crippen LogP contribution in [0.4, 0.5) is 0 Å². The van der Waals surface area contributed by atoms with Crippen LogP contribution < -0.4 is 0 Å². The summed E-state index contributed by atoms with van der Waals surface area (Å²) in [5.41, 5.74) is 2.03. The Hall–Kier alpha value is -2.67. The first-order valence-electron chi connectivity index (χ1n) is 11.8. The van der Waals surface area contributed by atoms with Crippen molar-refractivity contribution in [2.45, 2.75) is 70.7 Å². The average Bonchev–Trinajstić information content (AvgIpc) is 3.16. The normalized spacial score (nSPS) is 20.4. The zero-order chi connectivity index (χ0) is 22.3. The Labute approximate surface area is 190 Å². The highest BCUT2D eigenvalue weighted by Gasteiger charge is 2.34. The molecule has 0 bridgehead atoms. The van der Waals surface area contributed by atoms with Crippen molar-refractivity contribution in [3.63, 3.8) is 0 Å². The number of carbonyl (C=O) groups excluding carboxylic acids is 2. The number of nitrogens with zero attached hydrogens (tertiary/aromatic N) is 4. The molecule has 1 aliphatic carbocycles. The van der Waals surface area contributed by atoms with Crippen molar-refractivity contribution in [2.24, 2.45) is 0 Å². The third kappa shape index (κ3) is 5.97. The van der Waals surface area contributed by atoms with Gasteiger partial charge < -0.3 is 14.5 Å². The monoisotopic (exact) mass is 438 g/mol. The molecule has 172 valence electrons. The molecule has 2 fully saturated rings. The smallest absolute Gasteiger partial charge is 0.242 e. The van der Waals surface area contributed by atoms with Crippen LogP contribution >= 0.6 is 0 Å². The van der Waals surface area contributed by atoms with Gasteiger partial charge in [-0.3, -0.25) is 14.3 Å². The lowest BCUT2D eigenvalue weighted by Gasteiger charge is -2.34. The summed E-state index contributed by atoms with van der Waals surface area (Å²) in [6.07, 6.45) is 7.67. The summed E-state index contributed by atoms with van der Waals surface area (Å²) in [7, 11) is 0. The minimum atomic E-state index is -0.195. The SMILES string of the molecule is Cc1ccn(CCC(=O)N2CC(=O)N(C3CCCCC3)C[C@H](OCc3ccccc3)C2)n1. The fourth-order valence-electron chi connectivity index (χ4n) is 4.73. The number of rotatable bonds is 7. The zero-order valence-corrected chi connectivity index (χ0v) is 19.0. The number of carbonyl (C=O) groups is 2. The minimum Gasteiger partial charge on any atom is -0.370 e. The van der Waals surface area contributed by atoms with Crippen molar-refractivity contribution in [1.29, 1.82) is 0 Å². The van der Waals surface area contributed by atoms with E-state index in [1.165, 1.54) is 6.42 Å². The van der Waals surface area contributed by atoms with Gasteiger partial charge in [-0.05, 0) is 31.4 Å². The van der Waals surface area contributed by atoms with E-state index in [0.717, 1.165) is 36.9 Å². The summed E-state index contributed by atoms with van der Waals surface area (Å²) in [6, 6.07) is 12.2. The van der Waals surface area contributed by atoms with Gasteiger partial charge >= 0.3 is 0 Å². The molecule has 0 N–H and O–H groups in total. The molecular formula is C25H34N4O3. The summed E-state index contributed by atoms with van der Waals surface area (Å²) in [6.45, 7) is 4.06. The molecule has 1 saturated heterocycles. The van der Waals surface area contributed by atoms with E-state index in [1.54, 1.807) is 9.58 Å². The topological polar surface area (TPSA) is 67.7 Å². The maximum atomic E-state index is 13.2. The Morgan fingerprint density at radius 3 is 2.59 bits per heavy atom. The number of ether oxygens (including phenoxy) is 1. The van der Waals surface area contributed by atoms with Crippen LogP contribution in [0.25, 0.3) is 0 Å². The van der Waals surface area contributed by atoms with Crippen LogP contribution in [-0.2, 0) is 27.5 Å². The van der Waals surface area contributed by atoms with E-state index in [9.17, 15) is 9.59 Å². The molecule has 2 aliphatic rings. The molecule has 1 aromatic heterocycles. The number of hydrogen-bond donors (Lipinski definition) is 0. The van der Waals surface area contributed by atoms with Crippen molar-refractivity contribution in [1.82, 2.24) is 19.6 Å². The molecule has 0 unspecified atom stereocenters. The van der Waals surface area contributed by atoms with Gasteiger partial charge in [0.2, 0.25) is 11.8 Å². The van der Waals surface area contributed by atoms with Crippen LogP contribution in [0.5, 0.6) is 0 Å². The van der Waals surface area contributed by atoms with Crippen molar-refractivity contribution in [3.8, 4) is 0 Å². The van der Waals surface area contributed by atoms with E-state index in [2.05, 4.69) is 5.10 Å². The van der Waals surface area contributed by atoms with E-state index in [0.29, 0.717) is 32.7 Å². The molecule has 1 saturated carbocycles. The lowest BCUT2D eigenvalue weighted by atomic mass is 9.94. The van der Waals surface area contributed by atoms with Gasteiger partial charge in [-0.15, -0.1) is 0 Å². The molecule has 1 aromatic carbocycles. The Bertz CT molecular complexity index is 892. The van der Waals surface area contributed by atoms with Gasteiger partial charge in [-0.2, -0.15) is 5.10 Å². The minimum absolute atomic E-state index is 0.0229. The summed E-state index contributed by atoms with van der Waals surface area (Å²) < 4.78 is 8.04. The number of aromatic nitrogens is 2. The van der Waals surface area contributed by atoms with Crippen molar-refractivity contribution >= 4 is 11.8 Å². The molecule has 0 radical (unpaired) electrons. The maximum Gasteiger partial charge on any atom is 0.242 e.